The van der Waals surface area contributed by atoms with E-state index in [0.29, 0.717) is 11.3 Å². The van der Waals surface area contributed by atoms with Crippen molar-refractivity contribution < 1.29 is 34.4 Å². The van der Waals surface area contributed by atoms with Gasteiger partial charge in [0.1, 0.15) is 5.75 Å². The zero-order valence-electron chi connectivity index (χ0n) is 17.0. The number of anilines is 1. The minimum atomic E-state index is -0.715. The van der Waals surface area contributed by atoms with Crippen molar-refractivity contribution in [1.82, 2.24) is 5.32 Å². The number of phenolic OH excluding ortho intramolecular Hbond substituents is 3. The van der Waals surface area contributed by atoms with Crippen LogP contribution in [0.25, 0.3) is 0 Å². The van der Waals surface area contributed by atoms with Crippen LogP contribution in [0.2, 0.25) is 0 Å². The van der Waals surface area contributed by atoms with Crippen molar-refractivity contribution in [2.45, 2.75) is 13.5 Å². The summed E-state index contributed by atoms with van der Waals surface area (Å²) in [5, 5.41) is 33.9. The van der Waals surface area contributed by atoms with E-state index in [-0.39, 0.29) is 23.4 Å². The van der Waals surface area contributed by atoms with Crippen LogP contribution >= 0.6 is 0 Å². The van der Waals surface area contributed by atoms with Crippen molar-refractivity contribution in [3.8, 4) is 23.0 Å². The van der Waals surface area contributed by atoms with E-state index in [0.717, 1.165) is 12.1 Å². The first-order valence-corrected chi connectivity index (χ1v) is 9.45. The molecule has 0 fully saturated rings. The molecule has 0 aromatic heterocycles. The van der Waals surface area contributed by atoms with Crippen molar-refractivity contribution in [3.05, 3.63) is 77.4 Å². The molecule has 0 unspecified atom stereocenters. The number of carbonyl (C=O) groups excluding carboxylic acids is 3. The largest absolute Gasteiger partial charge is 0.504 e. The fourth-order valence-electron chi connectivity index (χ4n) is 2.87. The van der Waals surface area contributed by atoms with E-state index in [9.17, 15) is 29.7 Å². The number of phenols is 3. The molecule has 0 atom stereocenters. The van der Waals surface area contributed by atoms with Gasteiger partial charge in [-0.3, -0.25) is 14.4 Å². The number of esters is 1. The summed E-state index contributed by atoms with van der Waals surface area (Å²) < 4.78 is 4.99. The Hall–Kier alpha value is -4.53. The van der Waals surface area contributed by atoms with Crippen molar-refractivity contribution in [1.29, 1.82) is 0 Å². The summed E-state index contributed by atoms with van der Waals surface area (Å²) in [6.07, 6.45) is 0. The molecule has 3 aromatic rings. The molecule has 0 saturated heterocycles. The molecular weight excluding hydrogens is 416 g/mol. The summed E-state index contributed by atoms with van der Waals surface area (Å²) in [5.41, 5.74) is 1.27. The van der Waals surface area contributed by atoms with E-state index in [4.69, 9.17) is 4.74 Å². The summed E-state index contributed by atoms with van der Waals surface area (Å²) >= 11 is 0. The topological polar surface area (TPSA) is 145 Å². The summed E-state index contributed by atoms with van der Waals surface area (Å²) in [5.74, 6) is -3.27. The minimum Gasteiger partial charge on any atom is -0.504 e. The molecule has 2 amide bonds. The Morgan fingerprint density at radius 3 is 2.22 bits per heavy atom. The molecule has 9 nitrogen and oxygen atoms in total. The first-order chi connectivity index (χ1) is 15.2. The van der Waals surface area contributed by atoms with Gasteiger partial charge in [-0.1, -0.05) is 24.3 Å². The van der Waals surface area contributed by atoms with Crippen LogP contribution in [-0.4, -0.2) is 33.1 Å². The van der Waals surface area contributed by atoms with Crippen molar-refractivity contribution in [3.63, 3.8) is 0 Å². The molecule has 0 heterocycles. The van der Waals surface area contributed by atoms with Crippen molar-refractivity contribution in [2.24, 2.45) is 0 Å². The third kappa shape index (κ3) is 5.33. The number of hydrogen-bond acceptors (Lipinski definition) is 7. The van der Waals surface area contributed by atoms with Gasteiger partial charge in [-0.2, -0.15) is 0 Å². The predicted octanol–water partition coefficient (Wildman–Crippen LogP) is 2.91. The zero-order valence-corrected chi connectivity index (χ0v) is 17.0. The molecule has 5 N–H and O–H groups in total. The minimum absolute atomic E-state index is 0.0329. The Kier molecular flexibility index (Phi) is 6.59. The lowest BCUT2D eigenvalue weighted by Crippen LogP contribution is -2.24. The van der Waals surface area contributed by atoms with Crippen LogP contribution in [-0.2, 0) is 11.3 Å². The van der Waals surface area contributed by atoms with Crippen LogP contribution in [0.1, 0.15) is 33.2 Å². The lowest BCUT2D eigenvalue weighted by atomic mass is 10.1. The third-order valence-corrected chi connectivity index (χ3v) is 4.39. The van der Waals surface area contributed by atoms with E-state index in [1.807, 2.05) is 0 Å². The molecule has 0 spiro atoms. The molecule has 164 valence electrons. The average Bonchev–Trinajstić information content (AvgIpc) is 2.76. The van der Waals surface area contributed by atoms with Crippen LogP contribution in [0.15, 0.2) is 60.7 Å². The fourth-order valence-corrected chi connectivity index (χ4v) is 2.87. The standard InChI is InChI=1S/C23H20N2O7/c1-13(26)32-17-7-4-6-14(9-17)23(31)25-18-8-3-2-5-15(18)12-24-22(30)16-10-19(27)21(29)20(28)11-16/h2-11,27-29H,12H2,1H3,(H,24,30)(H,25,31). The quantitative estimate of drug-likeness (QED) is 0.227. The maximum atomic E-state index is 12.7. The normalized spacial score (nSPS) is 10.3. The smallest absolute Gasteiger partial charge is 0.308 e. The molecule has 3 rings (SSSR count). The van der Waals surface area contributed by atoms with Gasteiger partial charge in [0, 0.05) is 30.3 Å². The molecule has 32 heavy (non-hydrogen) atoms. The highest BCUT2D eigenvalue weighted by Crippen LogP contribution is 2.35. The van der Waals surface area contributed by atoms with E-state index in [1.165, 1.54) is 13.0 Å². The molecule has 3 aromatic carbocycles. The van der Waals surface area contributed by atoms with Crippen LogP contribution in [0.5, 0.6) is 23.0 Å². The van der Waals surface area contributed by atoms with Gasteiger partial charge in [-0.25, -0.2) is 0 Å². The predicted molar refractivity (Wildman–Crippen MR) is 115 cm³/mol. The van der Waals surface area contributed by atoms with Crippen LogP contribution in [0, 0.1) is 0 Å². The maximum Gasteiger partial charge on any atom is 0.308 e. The summed E-state index contributed by atoms with van der Waals surface area (Å²) in [6.45, 7) is 1.29. The van der Waals surface area contributed by atoms with Crippen molar-refractivity contribution >= 4 is 23.5 Å². The Morgan fingerprint density at radius 2 is 1.53 bits per heavy atom. The lowest BCUT2D eigenvalue weighted by Gasteiger charge is -2.13. The molecule has 9 heteroatoms. The highest BCUT2D eigenvalue weighted by molar-refractivity contribution is 6.05. The van der Waals surface area contributed by atoms with Gasteiger partial charge in [0.15, 0.2) is 17.2 Å². The van der Waals surface area contributed by atoms with Gasteiger partial charge in [0.2, 0.25) is 0 Å². The lowest BCUT2D eigenvalue weighted by molar-refractivity contribution is -0.131. The highest BCUT2D eigenvalue weighted by Gasteiger charge is 2.15. The monoisotopic (exact) mass is 436 g/mol. The summed E-state index contributed by atoms with van der Waals surface area (Å²) in [4.78, 5) is 36.1. The van der Waals surface area contributed by atoms with E-state index < -0.39 is 35.0 Å². The highest BCUT2D eigenvalue weighted by atomic mass is 16.5. The molecule has 0 aliphatic rings. The van der Waals surface area contributed by atoms with Crippen molar-refractivity contribution in [2.75, 3.05) is 5.32 Å². The number of benzene rings is 3. The number of aromatic hydroxyl groups is 3. The van der Waals surface area contributed by atoms with Gasteiger partial charge in [0.05, 0.1) is 0 Å². The van der Waals surface area contributed by atoms with Gasteiger partial charge < -0.3 is 30.7 Å². The number of amides is 2. The fraction of sp³-hybridized carbons (Fsp3) is 0.0870. The number of hydrogen-bond donors (Lipinski definition) is 5. The van der Waals surface area contributed by atoms with E-state index >= 15 is 0 Å². The Morgan fingerprint density at radius 1 is 0.844 bits per heavy atom. The number of para-hydroxylation sites is 1. The van der Waals surface area contributed by atoms with Gasteiger partial charge >= 0.3 is 5.97 Å². The van der Waals surface area contributed by atoms with Gasteiger partial charge in [-0.15, -0.1) is 0 Å². The Labute approximate surface area is 182 Å². The Bertz CT molecular complexity index is 1170. The first kappa shape index (κ1) is 22.2. The first-order valence-electron chi connectivity index (χ1n) is 9.45. The van der Waals surface area contributed by atoms with Crippen LogP contribution < -0.4 is 15.4 Å². The number of ether oxygens (including phenoxy) is 1. The van der Waals surface area contributed by atoms with E-state index in [1.54, 1.807) is 42.5 Å². The second-order valence-corrected chi connectivity index (χ2v) is 6.78. The summed E-state index contributed by atoms with van der Waals surface area (Å²) in [6, 6.07) is 15.0. The average molecular weight is 436 g/mol. The molecule has 0 saturated carbocycles. The number of rotatable bonds is 6. The van der Waals surface area contributed by atoms with Crippen LogP contribution in [0.3, 0.4) is 0 Å². The molecule has 0 radical (unpaired) electrons. The third-order valence-electron chi connectivity index (χ3n) is 4.39. The maximum absolute atomic E-state index is 12.7. The van der Waals surface area contributed by atoms with Crippen LogP contribution in [0.4, 0.5) is 5.69 Å². The number of carbonyl (C=O) groups is 3. The molecule has 0 aliphatic heterocycles. The second-order valence-electron chi connectivity index (χ2n) is 6.78. The van der Waals surface area contributed by atoms with E-state index in [2.05, 4.69) is 10.6 Å². The molecule has 0 aliphatic carbocycles. The zero-order chi connectivity index (χ0) is 23.3. The van der Waals surface area contributed by atoms with Gasteiger partial charge in [-0.05, 0) is 42.0 Å². The summed E-state index contributed by atoms with van der Waals surface area (Å²) in [7, 11) is 0. The Balaban J connectivity index is 1.72. The van der Waals surface area contributed by atoms with Gasteiger partial charge in [0.25, 0.3) is 11.8 Å². The second kappa shape index (κ2) is 9.52. The number of nitrogens with one attached hydrogen (secondary N) is 2. The molecular formula is C23H20N2O7. The molecule has 0 bridgehead atoms. The SMILES string of the molecule is CC(=O)Oc1cccc(C(=O)Nc2ccccc2CNC(=O)c2cc(O)c(O)c(O)c2)c1.